The number of hydrogen-bond donors (Lipinski definition) is 0. The molecule has 1 aliphatic rings. The predicted molar refractivity (Wildman–Crippen MR) is 131 cm³/mol. The molecule has 7 heteroatoms. The molecule has 35 heavy (non-hydrogen) atoms. The first kappa shape index (κ1) is 24.3. The molecule has 1 aliphatic carbocycles. The minimum atomic E-state index is -0.874. The molecule has 0 N–H and O–H groups in total. The van der Waals surface area contributed by atoms with Crippen LogP contribution < -0.4 is 9.47 Å². The molecule has 7 nitrogen and oxygen atoms in total. The van der Waals surface area contributed by atoms with Gasteiger partial charge in [-0.15, -0.1) is 0 Å². The molecule has 0 radical (unpaired) electrons. The summed E-state index contributed by atoms with van der Waals surface area (Å²) in [6, 6.07) is 11.1. The summed E-state index contributed by atoms with van der Waals surface area (Å²) in [6.07, 6.45) is 5.18. The van der Waals surface area contributed by atoms with Gasteiger partial charge in [-0.2, -0.15) is 0 Å². The maximum absolute atomic E-state index is 12.7. The van der Waals surface area contributed by atoms with Gasteiger partial charge in [-0.1, -0.05) is 23.4 Å². The van der Waals surface area contributed by atoms with Crippen LogP contribution in [0.4, 0.5) is 0 Å². The summed E-state index contributed by atoms with van der Waals surface area (Å²) < 4.78 is 21.8. The first-order valence-electron chi connectivity index (χ1n) is 11.6. The number of rotatable bonds is 9. The summed E-state index contributed by atoms with van der Waals surface area (Å²) >= 11 is 0. The Kier molecular flexibility index (Phi) is 7.34. The van der Waals surface area contributed by atoms with Gasteiger partial charge in [0, 0.05) is 11.6 Å². The molecule has 0 bridgehead atoms. The Morgan fingerprint density at radius 1 is 1.09 bits per heavy atom. The highest BCUT2D eigenvalue weighted by Gasteiger charge is 2.21. The zero-order valence-electron chi connectivity index (χ0n) is 20.4. The fraction of sp³-hybridized carbons (Fsp3) is 0.321. The number of fused-ring (bicyclic) bond motifs is 1. The van der Waals surface area contributed by atoms with Crippen LogP contribution in [0.1, 0.15) is 57.4 Å². The molecule has 1 aromatic heterocycles. The highest BCUT2D eigenvalue weighted by Crippen LogP contribution is 2.30. The minimum Gasteiger partial charge on any atom is -0.493 e. The number of methoxy groups -OCH3 is 1. The van der Waals surface area contributed by atoms with Crippen molar-refractivity contribution in [1.82, 2.24) is 5.16 Å². The molecular weight excluding hydrogens is 446 g/mol. The lowest BCUT2D eigenvalue weighted by Crippen LogP contribution is -2.23. The number of carbonyl (C=O) groups is 2. The first-order valence-corrected chi connectivity index (χ1v) is 11.6. The van der Waals surface area contributed by atoms with E-state index >= 15 is 0 Å². The lowest BCUT2D eigenvalue weighted by atomic mass is 10.0. The molecule has 3 aromatic rings. The number of hydrogen-bond acceptors (Lipinski definition) is 7. The Morgan fingerprint density at radius 2 is 1.89 bits per heavy atom. The summed E-state index contributed by atoms with van der Waals surface area (Å²) in [4.78, 5) is 25.1. The van der Waals surface area contributed by atoms with E-state index in [-0.39, 0.29) is 5.78 Å². The second kappa shape index (κ2) is 10.6. The third-order valence-electron chi connectivity index (χ3n) is 6.20. The van der Waals surface area contributed by atoms with Crippen molar-refractivity contribution in [3.05, 3.63) is 81.7 Å². The number of nitrogens with zero attached hydrogens (tertiary/aromatic N) is 1. The van der Waals surface area contributed by atoms with Crippen LogP contribution in [0, 0.1) is 13.8 Å². The molecule has 0 aliphatic heterocycles. The monoisotopic (exact) mass is 475 g/mol. The van der Waals surface area contributed by atoms with Crippen molar-refractivity contribution in [1.29, 1.82) is 0 Å². The Morgan fingerprint density at radius 3 is 2.63 bits per heavy atom. The third-order valence-corrected chi connectivity index (χ3v) is 6.20. The lowest BCUT2D eigenvalue weighted by molar-refractivity contribution is -0.140. The van der Waals surface area contributed by atoms with Crippen molar-refractivity contribution in [2.75, 3.05) is 7.11 Å². The van der Waals surface area contributed by atoms with E-state index in [1.54, 1.807) is 38.3 Å². The summed E-state index contributed by atoms with van der Waals surface area (Å²) in [7, 11) is 1.55. The highest BCUT2D eigenvalue weighted by atomic mass is 16.5. The number of aryl methyl sites for hydroxylation is 4. The van der Waals surface area contributed by atoms with E-state index in [4.69, 9.17) is 18.7 Å². The van der Waals surface area contributed by atoms with Crippen LogP contribution >= 0.6 is 0 Å². The SMILES string of the molecule is COc1cc(/C=C/C(=O)OC(C)C(=O)c2ccc3c(c2)CCC3)ccc1OCc1c(C)noc1C. The standard InChI is InChI=1S/C28H29NO6/c1-17-24(18(2)35-29-17)16-33-25-12-8-20(14-26(25)32-4)9-13-27(30)34-19(3)28(31)23-11-10-21-6-5-7-22(21)15-23/h8-15,19H,5-7,16H2,1-4H3/b13-9+. The molecule has 0 amide bonds. The molecule has 1 unspecified atom stereocenters. The van der Waals surface area contributed by atoms with Crippen LogP contribution in [-0.4, -0.2) is 30.1 Å². The van der Waals surface area contributed by atoms with E-state index in [1.165, 1.54) is 17.2 Å². The van der Waals surface area contributed by atoms with Crippen LogP contribution in [0.2, 0.25) is 0 Å². The Labute approximate surface area is 204 Å². The maximum Gasteiger partial charge on any atom is 0.331 e. The second-order valence-electron chi connectivity index (χ2n) is 8.62. The van der Waals surface area contributed by atoms with Gasteiger partial charge in [-0.3, -0.25) is 4.79 Å². The van der Waals surface area contributed by atoms with Gasteiger partial charge in [0.15, 0.2) is 17.6 Å². The van der Waals surface area contributed by atoms with Gasteiger partial charge in [0.1, 0.15) is 12.4 Å². The Balaban J connectivity index is 1.36. The van der Waals surface area contributed by atoms with Crippen molar-refractivity contribution in [3.8, 4) is 11.5 Å². The number of aromatic nitrogens is 1. The lowest BCUT2D eigenvalue weighted by Gasteiger charge is -2.12. The Hall–Kier alpha value is -3.87. The van der Waals surface area contributed by atoms with E-state index in [1.807, 2.05) is 32.0 Å². The van der Waals surface area contributed by atoms with E-state index in [2.05, 4.69) is 5.16 Å². The van der Waals surface area contributed by atoms with E-state index in [0.29, 0.717) is 29.4 Å². The number of ketones is 1. The fourth-order valence-corrected chi connectivity index (χ4v) is 4.16. The van der Waals surface area contributed by atoms with Gasteiger partial charge in [0.25, 0.3) is 0 Å². The summed E-state index contributed by atoms with van der Waals surface area (Å²) in [5, 5.41) is 3.93. The van der Waals surface area contributed by atoms with E-state index in [0.717, 1.165) is 36.1 Å². The summed E-state index contributed by atoms with van der Waals surface area (Å²) in [5.74, 6) is 0.990. The smallest absolute Gasteiger partial charge is 0.331 e. The van der Waals surface area contributed by atoms with E-state index < -0.39 is 12.1 Å². The summed E-state index contributed by atoms with van der Waals surface area (Å²) in [6.45, 7) is 5.59. The number of esters is 1. The van der Waals surface area contributed by atoms with Gasteiger partial charge in [-0.25, -0.2) is 4.79 Å². The number of ether oxygens (including phenoxy) is 3. The fourth-order valence-electron chi connectivity index (χ4n) is 4.16. The van der Waals surface area contributed by atoms with Gasteiger partial charge < -0.3 is 18.7 Å². The molecule has 0 saturated carbocycles. The van der Waals surface area contributed by atoms with Crippen molar-refractivity contribution in [2.45, 2.75) is 52.7 Å². The van der Waals surface area contributed by atoms with Crippen LogP contribution in [0.5, 0.6) is 11.5 Å². The molecule has 1 atom stereocenters. The number of carbonyl (C=O) groups excluding carboxylic acids is 2. The molecule has 1 heterocycles. The second-order valence-corrected chi connectivity index (χ2v) is 8.62. The van der Waals surface area contributed by atoms with Crippen molar-refractivity contribution >= 4 is 17.8 Å². The predicted octanol–water partition coefficient (Wildman–Crippen LogP) is 5.20. The van der Waals surface area contributed by atoms with Crippen molar-refractivity contribution < 1.29 is 28.3 Å². The van der Waals surface area contributed by atoms with Crippen LogP contribution in [0.15, 0.2) is 47.0 Å². The van der Waals surface area contributed by atoms with E-state index in [9.17, 15) is 9.59 Å². The van der Waals surface area contributed by atoms with Gasteiger partial charge in [0.2, 0.25) is 5.78 Å². The molecule has 4 rings (SSSR count). The zero-order chi connectivity index (χ0) is 24.9. The van der Waals surface area contributed by atoms with Crippen LogP contribution in [-0.2, 0) is 29.0 Å². The normalized spacial score (nSPS) is 13.5. The van der Waals surface area contributed by atoms with Crippen LogP contribution in [0.3, 0.4) is 0 Å². The number of Topliss-reactive ketones (excluding diaryl/α,β-unsaturated/α-hetero) is 1. The third kappa shape index (κ3) is 5.62. The Bertz CT molecular complexity index is 1250. The molecule has 0 saturated heterocycles. The molecule has 0 fully saturated rings. The molecule has 182 valence electrons. The first-order chi connectivity index (χ1) is 16.9. The average Bonchev–Trinajstić information content (AvgIpc) is 3.46. The number of benzene rings is 2. The van der Waals surface area contributed by atoms with Gasteiger partial charge in [-0.05, 0) is 81.0 Å². The minimum absolute atomic E-state index is 0.206. The molecule has 0 spiro atoms. The van der Waals surface area contributed by atoms with Gasteiger partial charge in [0.05, 0.1) is 18.4 Å². The quantitative estimate of drug-likeness (QED) is 0.239. The average molecular weight is 476 g/mol. The highest BCUT2D eigenvalue weighted by molar-refractivity contribution is 6.01. The largest absolute Gasteiger partial charge is 0.493 e. The van der Waals surface area contributed by atoms with Crippen LogP contribution in [0.25, 0.3) is 6.08 Å². The van der Waals surface area contributed by atoms with Crippen molar-refractivity contribution in [2.24, 2.45) is 0 Å². The molecular formula is C28H29NO6. The topological polar surface area (TPSA) is 87.9 Å². The maximum atomic E-state index is 12.7. The molecule has 2 aromatic carbocycles. The zero-order valence-corrected chi connectivity index (χ0v) is 20.4. The van der Waals surface area contributed by atoms with Gasteiger partial charge >= 0.3 is 5.97 Å². The van der Waals surface area contributed by atoms with Crippen molar-refractivity contribution in [3.63, 3.8) is 0 Å². The summed E-state index contributed by atoms with van der Waals surface area (Å²) in [5.41, 5.74) is 5.48.